The zero-order valence-electron chi connectivity index (χ0n) is 10.9. The number of rotatable bonds is 4. The number of carbonyl (C=O) groups excluding carboxylic acids is 1. The molecule has 96 valence electrons. The average molecular weight is 245 g/mol. The molecular formula is C15H19NO2. The molecule has 0 heterocycles. The molecule has 2 rings (SSSR count). The van der Waals surface area contributed by atoms with Crippen molar-refractivity contribution in [3.8, 4) is 0 Å². The summed E-state index contributed by atoms with van der Waals surface area (Å²) in [6, 6.07) is 7.94. The van der Waals surface area contributed by atoms with Crippen LogP contribution in [-0.2, 0) is 16.8 Å². The molecule has 0 atom stereocenters. The van der Waals surface area contributed by atoms with Gasteiger partial charge in [-0.15, -0.1) is 0 Å². The Balaban J connectivity index is 2.41. The van der Waals surface area contributed by atoms with Crippen LogP contribution >= 0.6 is 0 Å². The molecule has 1 fully saturated rings. The summed E-state index contributed by atoms with van der Waals surface area (Å²) in [6.07, 6.45) is 5.15. The Labute approximate surface area is 108 Å². The van der Waals surface area contributed by atoms with E-state index >= 15 is 0 Å². The fraction of sp³-hybridized carbons (Fsp3) is 0.533. The van der Waals surface area contributed by atoms with Gasteiger partial charge in [0, 0.05) is 6.42 Å². The summed E-state index contributed by atoms with van der Waals surface area (Å²) in [5.41, 5.74) is 1.00. The van der Waals surface area contributed by atoms with Gasteiger partial charge in [0.2, 0.25) is 6.08 Å². The number of isocyanates is 1. The van der Waals surface area contributed by atoms with Crippen molar-refractivity contribution in [3.05, 3.63) is 35.4 Å². The summed E-state index contributed by atoms with van der Waals surface area (Å²) in [5.74, 6) is 0. The summed E-state index contributed by atoms with van der Waals surface area (Å²) in [7, 11) is 0. The molecule has 0 bridgehead atoms. The van der Waals surface area contributed by atoms with Crippen LogP contribution in [0.5, 0.6) is 0 Å². The zero-order valence-corrected chi connectivity index (χ0v) is 10.9. The van der Waals surface area contributed by atoms with Gasteiger partial charge in [-0.25, -0.2) is 4.79 Å². The third-order valence-corrected chi connectivity index (χ3v) is 3.58. The van der Waals surface area contributed by atoms with Gasteiger partial charge in [-0.2, -0.15) is 4.99 Å². The van der Waals surface area contributed by atoms with E-state index in [0.29, 0.717) is 6.42 Å². The van der Waals surface area contributed by atoms with E-state index in [1.54, 1.807) is 19.9 Å². The smallest absolute Gasteiger partial charge is 0.235 e. The van der Waals surface area contributed by atoms with Crippen molar-refractivity contribution >= 4 is 6.08 Å². The Morgan fingerprint density at radius 2 is 2.06 bits per heavy atom. The lowest BCUT2D eigenvalue weighted by Gasteiger charge is -2.39. The first-order chi connectivity index (χ1) is 8.47. The number of hydrogen-bond donors (Lipinski definition) is 1. The summed E-state index contributed by atoms with van der Waals surface area (Å²) in [5, 5.41) is 9.97. The van der Waals surface area contributed by atoms with E-state index in [0.717, 1.165) is 30.4 Å². The van der Waals surface area contributed by atoms with E-state index in [1.165, 1.54) is 0 Å². The molecule has 1 aliphatic rings. The largest absolute Gasteiger partial charge is 0.390 e. The van der Waals surface area contributed by atoms with Crippen LogP contribution in [0.2, 0.25) is 0 Å². The van der Waals surface area contributed by atoms with E-state index < -0.39 is 5.60 Å². The predicted molar refractivity (Wildman–Crippen MR) is 70.1 cm³/mol. The predicted octanol–water partition coefficient (Wildman–Crippen LogP) is 2.72. The molecule has 3 heteroatoms. The van der Waals surface area contributed by atoms with E-state index in [2.05, 4.69) is 4.99 Å². The second kappa shape index (κ2) is 4.68. The van der Waals surface area contributed by atoms with E-state index in [9.17, 15) is 9.90 Å². The van der Waals surface area contributed by atoms with Crippen molar-refractivity contribution < 1.29 is 9.90 Å². The van der Waals surface area contributed by atoms with E-state index in [1.807, 2.05) is 24.3 Å². The highest BCUT2D eigenvalue weighted by Gasteiger charge is 2.40. The molecule has 0 aromatic heterocycles. The second-order valence-electron chi connectivity index (χ2n) is 5.73. The fourth-order valence-corrected chi connectivity index (χ4v) is 2.63. The van der Waals surface area contributed by atoms with Crippen LogP contribution in [0.15, 0.2) is 29.3 Å². The van der Waals surface area contributed by atoms with E-state index in [4.69, 9.17) is 0 Å². The molecule has 0 spiro atoms. The first kappa shape index (κ1) is 13.0. The van der Waals surface area contributed by atoms with Crippen molar-refractivity contribution in [1.82, 2.24) is 0 Å². The van der Waals surface area contributed by atoms with Crippen LogP contribution < -0.4 is 0 Å². The summed E-state index contributed by atoms with van der Waals surface area (Å²) < 4.78 is 0. The average Bonchev–Trinajstić information content (AvgIpc) is 2.22. The first-order valence-corrected chi connectivity index (χ1v) is 6.37. The topological polar surface area (TPSA) is 49.7 Å². The van der Waals surface area contributed by atoms with Gasteiger partial charge in [0.05, 0.1) is 11.1 Å². The minimum atomic E-state index is -0.758. The molecule has 1 aromatic rings. The lowest BCUT2D eigenvalue weighted by Crippen LogP contribution is -2.34. The van der Waals surface area contributed by atoms with Gasteiger partial charge in [0.15, 0.2) is 0 Å². The highest BCUT2D eigenvalue weighted by molar-refractivity contribution is 5.42. The lowest BCUT2D eigenvalue weighted by atomic mass is 9.70. The highest BCUT2D eigenvalue weighted by Crippen LogP contribution is 2.46. The number of hydrogen-bond acceptors (Lipinski definition) is 3. The number of aliphatic hydroxyl groups is 1. The Morgan fingerprint density at radius 3 is 2.56 bits per heavy atom. The van der Waals surface area contributed by atoms with Crippen LogP contribution in [-0.4, -0.2) is 16.8 Å². The molecule has 1 aromatic carbocycles. The lowest BCUT2D eigenvalue weighted by molar-refractivity contribution is 0.0800. The monoisotopic (exact) mass is 245 g/mol. The fourth-order valence-electron chi connectivity index (χ4n) is 2.63. The standard InChI is InChI=1S/C15H19NO2/c1-14(2,18)10-12-6-3-4-7-13(12)15(16-11-17)8-5-9-15/h3-4,6-7,18H,5,8-10H2,1-2H3. The van der Waals surface area contributed by atoms with Crippen molar-refractivity contribution in [2.45, 2.75) is 50.7 Å². The molecule has 0 amide bonds. The van der Waals surface area contributed by atoms with Crippen molar-refractivity contribution in [2.75, 3.05) is 0 Å². The van der Waals surface area contributed by atoms with Crippen LogP contribution in [0, 0.1) is 0 Å². The van der Waals surface area contributed by atoms with Crippen molar-refractivity contribution in [1.29, 1.82) is 0 Å². The highest BCUT2D eigenvalue weighted by atomic mass is 16.3. The quantitative estimate of drug-likeness (QED) is 0.655. The molecule has 1 saturated carbocycles. The number of benzene rings is 1. The molecule has 18 heavy (non-hydrogen) atoms. The van der Waals surface area contributed by atoms with Gasteiger partial charge >= 0.3 is 0 Å². The van der Waals surface area contributed by atoms with Crippen LogP contribution in [0.1, 0.15) is 44.2 Å². The SMILES string of the molecule is CC(C)(O)Cc1ccccc1C1(N=C=O)CCC1. The Kier molecular flexibility index (Phi) is 3.38. The Bertz CT molecular complexity index is 478. The van der Waals surface area contributed by atoms with Gasteiger partial charge in [0.25, 0.3) is 0 Å². The Hall–Kier alpha value is -1.44. The molecule has 0 saturated heterocycles. The van der Waals surface area contributed by atoms with Gasteiger partial charge in [0.1, 0.15) is 0 Å². The maximum Gasteiger partial charge on any atom is 0.235 e. The molecule has 0 unspecified atom stereocenters. The summed E-state index contributed by atoms with van der Waals surface area (Å²) in [4.78, 5) is 14.7. The van der Waals surface area contributed by atoms with Crippen LogP contribution in [0.3, 0.4) is 0 Å². The Morgan fingerprint density at radius 1 is 1.39 bits per heavy atom. The minimum Gasteiger partial charge on any atom is -0.390 e. The number of aliphatic imine (C=N–C) groups is 1. The summed E-state index contributed by atoms with van der Waals surface area (Å²) >= 11 is 0. The van der Waals surface area contributed by atoms with Gasteiger partial charge in [-0.1, -0.05) is 24.3 Å². The van der Waals surface area contributed by atoms with E-state index in [-0.39, 0.29) is 5.54 Å². The maximum atomic E-state index is 10.6. The van der Waals surface area contributed by atoms with Crippen molar-refractivity contribution in [2.24, 2.45) is 4.99 Å². The zero-order chi connectivity index (χ0) is 13.2. The van der Waals surface area contributed by atoms with Gasteiger partial charge in [-0.3, -0.25) is 0 Å². The third-order valence-electron chi connectivity index (χ3n) is 3.58. The summed E-state index contributed by atoms with van der Waals surface area (Å²) in [6.45, 7) is 3.58. The molecule has 1 aliphatic carbocycles. The van der Waals surface area contributed by atoms with Gasteiger partial charge in [-0.05, 0) is 44.2 Å². The second-order valence-corrected chi connectivity index (χ2v) is 5.73. The van der Waals surface area contributed by atoms with Crippen LogP contribution in [0.25, 0.3) is 0 Å². The molecule has 3 nitrogen and oxygen atoms in total. The molecule has 1 N–H and O–H groups in total. The van der Waals surface area contributed by atoms with Gasteiger partial charge < -0.3 is 5.11 Å². The van der Waals surface area contributed by atoms with Crippen molar-refractivity contribution in [3.63, 3.8) is 0 Å². The number of nitrogens with zero attached hydrogens (tertiary/aromatic N) is 1. The minimum absolute atomic E-state index is 0.385. The maximum absolute atomic E-state index is 10.6. The first-order valence-electron chi connectivity index (χ1n) is 6.37. The molecule has 0 aliphatic heterocycles. The third kappa shape index (κ3) is 2.53. The molecule has 0 radical (unpaired) electrons. The van der Waals surface area contributed by atoms with Crippen LogP contribution in [0.4, 0.5) is 0 Å². The molecular weight excluding hydrogens is 226 g/mol. The normalized spacial score (nSPS) is 17.7.